The monoisotopic (exact) mass is 382 g/mol. The van der Waals surface area contributed by atoms with Crippen molar-refractivity contribution in [3.63, 3.8) is 0 Å². The van der Waals surface area contributed by atoms with Gasteiger partial charge in [0.05, 0.1) is 23.3 Å². The first-order valence-electron chi connectivity index (χ1n) is 7.05. The summed E-state index contributed by atoms with van der Waals surface area (Å²) in [4.78, 5) is 34.4. The van der Waals surface area contributed by atoms with Gasteiger partial charge in [-0.1, -0.05) is 23.9 Å². The minimum absolute atomic E-state index is 0.119. The zero-order valence-corrected chi connectivity index (χ0v) is 14.1. The molecule has 0 bridgehead atoms. The molecule has 0 radical (unpaired) electrons. The van der Waals surface area contributed by atoms with Crippen molar-refractivity contribution in [2.24, 2.45) is 0 Å². The number of anilines is 1. The summed E-state index contributed by atoms with van der Waals surface area (Å²) in [5.74, 6) is -4.32. The summed E-state index contributed by atoms with van der Waals surface area (Å²) in [6, 6.07) is 8.97. The minimum atomic E-state index is -2.68. The fourth-order valence-electron chi connectivity index (χ4n) is 2.05. The molecule has 7 nitrogen and oxygen atoms in total. The predicted octanol–water partition coefficient (Wildman–Crippen LogP) is 3.95. The van der Waals surface area contributed by atoms with Gasteiger partial charge in [-0.25, -0.2) is 4.79 Å². The van der Waals surface area contributed by atoms with E-state index in [1.54, 1.807) is 6.07 Å². The zero-order chi connectivity index (χ0) is 19.3. The van der Waals surface area contributed by atoms with Gasteiger partial charge >= 0.3 is 5.97 Å². The van der Waals surface area contributed by atoms with E-state index < -0.39 is 28.2 Å². The van der Waals surface area contributed by atoms with E-state index in [0.29, 0.717) is 0 Å². The number of amides is 1. The topological polar surface area (TPSA) is 98.5 Å². The molecule has 1 amide bonds. The van der Waals surface area contributed by atoms with Crippen molar-refractivity contribution in [2.45, 2.75) is 10.7 Å². The van der Waals surface area contributed by atoms with Crippen molar-refractivity contribution in [2.75, 3.05) is 12.4 Å². The van der Waals surface area contributed by atoms with Crippen molar-refractivity contribution in [1.29, 1.82) is 0 Å². The van der Waals surface area contributed by atoms with E-state index in [1.807, 2.05) is 0 Å². The van der Waals surface area contributed by atoms with E-state index in [9.17, 15) is 28.5 Å². The summed E-state index contributed by atoms with van der Waals surface area (Å²) in [5, 5.41) is 13.4. The van der Waals surface area contributed by atoms with Gasteiger partial charge in [0.1, 0.15) is 0 Å². The Labute approximate surface area is 150 Å². The third-order valence-corrected chi connectivity index (χ3v) is 3.95. The minimum Gasteiger partial charge on any atom is -0.465 e. The molecular formula is C16H12F2N2O5S. The molecule has 136 valence electrons. The second-order valence-electron chi connectivity index (χ2n) is 4.85. The van der Waals surface area contributed by atoms with Crippen LogP contribution in [0.4, 0.5) is 20.2 Å². The van der Waals surface area contributed by atoms with Crippen molar-refractivity contribution >= 4 is 35.0 Å². The fourth-order valence-corrected chi connectivity index (χ4v) is 2.64. The van der Waals surface area contributed by atoms with E-state index in [4.69, 9.17) is 0 Å². The molecule has 0 aromatic heterocycles. The van der Waals surface area contributed by atoms with Gasteiger partial charge in [0.15, 0.2) is 0 Å². The Bertz CT molecular complexity index is 860. The SMILES string of the molecule is COC(=O)c1cc(C(=O)Nc2ccccc2SC(F)F)cc([N+](=O)[O-])c1. The van der Waals surface area contributed by atoms with E-state index in [0.717, 1.165) is 25.3 Å². The first-order chi connectivity index (χ1) is 12.3. The standard InChI is InChI=1S/C16H12F2N2O5S/c1-25-15(22)10-6-9(7-11(8-10)20(23)24)14(21)19-12-4-2-3-5-13(12)26-16(17)18/h2-8,16H,1H3,(H,19,21). The Morgan fingerprint density at radius 2 is 1.85 bits per heavy atom. The number of alkyl halides is 2. The molecule has 0 atom stereocenters. The lowest BCUT2D eigenvalue weighted by Crippen LogP contribution is -2.14. The van der Waals surface area contributed by atoms with Crippen molar-refractivity contribution in [3.05, 3.63) is 63.7 Å². The van der Waals surface area contributed by atoms with Crippen LogP contribution in [0.1, 0.15) is 20.7 Å². The number of carbonyl (C=O) groups excluding carboxylic acids is 2. The molecule has 0 saturated carbocycles. The van der Waals surface area contributed by atoms with E-state index in [1.165, 1.54) is 18.2 Å². The second kappa shape index (κ2) is 8.39. The molecule has 0 aliphatic heterocycles. The highest BCUT2D eigenvalue weighted by molar-refractivity contribution is 7.99. The van der Waals surface area contributed by atoms with Gasteiger partial charge in [0.2, 0.25) is 0 Å². The molecule has 10 heteroatoms. The number of nitro groups is 1. The molecule has 0 unspecified atom stereocenters. The third kappa shape index (κ3) is 4.76. The summed E-state index contributed by atoms with van der Waals surface area (Å²) in [6.45, 7) is 0. The van der Waals surface area contributed by atoms with Crippen LogP contribution in [0.25, 0.3) is 0 Å². The van der Waals surface area contributed by atoms with E-state index in [2.05, 4.69) is 10.1 Å². The number of hydrogen-bond acceptors (Lipinski definition) is 6. The van der Waals surface area contributed by atoms with Crippen LogP contribution in [0, 0.1) is 10.1 Å². The number of nitrogens with one attached hydrogen (secondary N) is 1. The first-order valence-corrected chi connectivity index (χ1v) is 7.92. The molecule has 1 N–H and O–H groups in total. The number of ether oxygens (including phenoxy) is 1. The van der Waals surface area contributed by atoms with Gasteiger partial charge in [-0.15, -0.1) is 0 Å². The van der Waals surface area contributed by atoms with Crippen LogP contribution in [0.15, 0.2) is 47.4 Å². The van der Waals surface area contributed by atoms with Gasteiger partial charge in [-0.05, 0) is 18.2 Å². The Hall–Kier alpha value is -3.01. The molecular weight excluding hydrogens is 370 g/mol. The summed E-state index contributed by atoms with van der Waals surface area (Å²) < 4.78 is 29.7. The normalized spacial score (nSPS) is 10.5. The average Bonchev–Trinajstić information content (AvgIpc) is 2.61. The number of non-ortho nitro benzene ring substituents is 1. The summed E-state index contributed by atoms with van der Waals surface area (Å²) in [7, 11) is 1.10. The molecule has 2 aromatic carbocycles. The number of carbonyl (C=O) groups is 2. The number of nitro benzene ring substituents is 1. The number of esters is 1. The van der Waals surface area contributed by atoms with Crippen molar-refractivity contribution < 1.29 is 28.0 Å². The molecule has 0 heterocycles. The highest BCUT2D eigenvalue weighted by Crippen LogP contribution is 2.32. The lowest BCUT2D eigenvalue weighted by Gasteiger charge is -2.11. The maximum Gasteiger partial charge on any atom is 0.338 e. The summed E-state index contributed by atoms with van der Waals surface area (Å²) >= 11 is 0.252. The first kappa shape index (κ1) is 19.3. The quantitative estimate of drug-likeness (QED) is 0.352. The number of para-hydroxylation sites is 1. The van der Waals surface area contributed by atoms with E-state index >= 15 is 0 Å². The lowest BCUT2D eigenvalue weighted by atomic mass is 10.1. The summed E-state index contributed by atoms with van der Waals surface area (Å²) in [5.41, 5.74) is -0.722. The molecule has 0 fully saturated rings. The highest BCUT2D eigenvalue weighted by Gasteiger charge is 2.19. The number of rotatable bonds is 6. The number of thioether (sulfide) groups is 1. The highest BCUT2D eigenvalue weighted by atomic mass is 32.2. The smallest absolute Gasteiger partial charge is 0.338 e. The summed E-state index contributed by atoms with van der Waals surface area (Å²) in [6.07, 6.45) is 0. The van der Waals surface area contributed by atoms with Crippen molar-refractivity contribution in [3.8, 4) is 0 Å². The largest absolute Gasteiger partial charge is 0.465 e. The fraction of sp³-hybridized carbons (Fsp3) is 0.125. The maximum atomic E-state index is 12.6. The molecule has 0 aliphatic rings. The van der Waals surface area contributed by atoms with Crippen molar-refractivity contribution in [1.82, 2.24) is 0 Å². The van der Waals surface area contributed by atoms with Crippen LogP contribution >= 0.6 is 11.8 Å². The number of hydrogen-bond donors (Lipinski definition) is 1. The lowest BCUT2D eigenvalue weighted by molar-refractivity contribution is -0.384. The number of methoxy groups -OCH3 is 1. The van der Waals surface area contributed by atoms with Crippen LogP contribution in [0.3, 0.4) is 0 Å². The van der Waals surface area contributed by atoms with Gasteiger partial charge in [-0.2, -0.15) is 8.78 Å². The van der Waals surface area contributed by atoms with Gasteiger partial charge in [0, 0.05) is 22.6 Å². The number of nitrogens with zero attached hydrogens (tertiary/aromatic N) is 1. The Morgan fingerprint density at radius 1 is 1.19 bits per heavy atom. The van der Waals surface area contributed by atoms with Crippen LogP contribution in [-0.4, -0.2) is 29.7 Å². The predicted molar refractivity (Wildman–Crippen MR) is 90.7 cm³/mol. The molecule has 26 heavy (non-hydrogen) atoms. The Kier molecular flexibility index (Phi) is 6.23. The van der Waals surface area contributed by atoms with Crippen LogP contribution in [-0.2, 0) is 4.74 Å². The maximum absolute atomic E-state index is 12.6. The van der Waals surface area contributed by atoms with Gasteiger partial charge < -0.3 is 10.1 Å². The molecule has 0 saturated heterocycles. The van der Waals surface area contributed by atoms with Crippen LogP contribution in [0.2, 0.25) is 0 Å². The Balaban J connectivity index is 2.37. The Morgan fingerprint density at radius 3 is 2.46 bits per heavy atom. The second-order valence-corrected chi connectivity index (χ2v) is 5.88. The number of halogens is 2. The molecule has 2 rings (SSSR count). The number of benzene rings is 2. The third-order valence-electron chi connectivity index (χ3n) is 3.16. The van der Waals surface area contributed by atoms with Gasteiger partial charge in [0.25, 0.3) is 17.4 Å². The van der Waals surface area contributed by atoms with E-state index in [-0.39, 0.29) is 33.5 Å². The zero-order valence-electron chi connectivity index (χ0n) is 13.3. The van der Waals surface area contributed by atoms with Gasteiger partial charge in [-0.3, -0.25) is 14.9 Å². The molecule has 0 spiro atoms. The molecule has 0 aliphatic carbocycles. The van der Waals surface area contributed by atoms with Crippen LogP contribution < -0.4 is 5.32 Å². The molecule has 2 aromatic rings. The van der Waals surface area contributed by atoms with Crippen LogP contribution in [0.5, 0.6) is 0 Å². The average molecular weight is 382 g/mol.